The zero-order valence-corrected chi connectivity index (χ0v) is 8.47. The molecule has 1 aliphatic heterocycles. The third kappa shape index (κ3) is 2.28. The predicted molar refractivity (Wildman–Crippen MR) is 57.7 cm³/mol. The molecule has 3 amide bonds. The van der Waals surface area contributed by atoms with Gasteiger partial charge < -0.3 is 5.32 Å². The van der Waals surface area contributed by atoms with Gasteiger partial charge in [0.25, 0.3) is 11.6 Å². The Bertz CT molecular complexity index is 550. The second-order valence-corrected chi connectivity index (χ2v) is 3.32. The maximum absolute atomic E-state index is 11.2. The minimum absolute atomic E-state index is 0.0653. The highest BCUT2D eigenvalue weighted by Crippen LogP contribution is 2.15. The van der Waals surface area contributed by atoms with E-state index in [0.717, 1.165) is 0 Å². The standard InChI is InChI=1S/C10H7N3O4/c14-9-8(11-10(15)12-9)5-6-2-1-3-7(4-6)13(16)17/h1-5H,(H2,11,12,14,15). The lowest BCUT2D eigenvalue weighted by molar-refractivity contribution is -0.384. The SMILES string of the molecule is O=C1NC(=O)C(=Cc2cccc([N+](=O)[O-])c2)N1. The number of hydrogen-bond acceptors (Lipinski definition) is 4. The van der Waals surface area contributed by atoms with Crippen molar-refractivity contribution in [2.24, 2.45) is 0 Å². The second-order valence-electron chi connectivity index (χ2n) is 3.32. The first-order chi connectivity index (χ1) is 8.06. The lowest BCUT2D eigenvalue weighted by Crippen LogP contribution is -2.22. The largest absolute Gasteiger partial charge is 0.326 e. The van der Waals surface area contributed by atoms with Crippen LogP contribution in [0.5, 0.6) is 0 Å². The Balaban J connectivity index is 2.33. The van der Waals surface area contributed by atoms with E-state index >= 15 is 0 Å². The zero-order valence-electron chi connectivity index (χ0n) is 8.47. The number of nitrogens with one attached hydrogen (secondary N) is 2. The van der Waals surface area contributed by atoms with Gasteiger partial charge in [0.15, 0.2) is 0 Å². The van der Waals surface area contributed by atoms with E-state index < -0.39 is 16.9 Å². The molecule has 7 heteroatoms. The van der Waals surface area contributed by atoms with Gasteiger partial charge >= 0.3 is 6.03 Å². The minimum atomic E-state index is -0.605. The van der Waals surface area contributed by atoms with Crippen LogP contribution in [0.15, 0.2) is 30.0 Å². The quantitative estimate of drug-likeness (QED) is 0.341. The second kappa shape index (κ2) is 4.05. The monoisotopic (exact) mass is 233 g/mol. The van der Waals surface area contributed by atoms with Crippen molar-refractivity contribution >= 4 is 23.7 Å². The van der Waals surface area contributed by atoms with Crippen LogP contribution in [0.3, 0.4) is 0 Å². The number of carbonyl (C=O) groups excluding carboxylic acids is 2. The van der Waals surface area contributed by atoms with E-state index in [0.29, 0.717) is 5.56 Å². The first-order valence-electron chi connectivity index (χ1n) is 4.65. The van der Waals surface area contributed by atoms with Gasteiger partial charge in [0.1, 0.15) is 5.70 Å². The predicted octanol–water partition coefficient (Wildman–Crippen LogP) is 0.775. The molecule has 86 valence electrons. The summed E-state index contributed by atoms with van der Waals surface area (Å²) in [5.74, 6) is -0.554. The van der Waals surface area contributed by atoms with E-state index in [4.69, 9.17) is 0 Å². The van der Waals surface area contributed by atoms with E-state index in [9.17, 15) is 19.7 Å². The average Bonchev–Trinajstić information content (AvgIpc) is 2.58. The molecule has 2 rings (SSSR count). The first kappa shape index (κ1) is 10.8. The summed E-state index contributed by atoms with van der Waals surface area (Å²) in [6, 6.07) is 5.14. The van der Waals surface area contributed by atoms with Crippen molar-refractivity contribution in [3.05, 3.63) is 45.6 Å². The van der Waals surface area contributed by atoms with Gasteiger partial charge in [-0.15, -0.1) is 0 Å². The van der Waals surface area contributed by atoms with E-state index in [1.165, 1.54) is 24.3 Å². The Morgan fingerprint density at radius 3 is 2.59 bits per heavy atom. The van der Waals surface area contributed by atoms with Gasteiger partial charge in [-0.05, 0) is 11.6 Å². The zero-order chi connectivity index (χ0) is 12.4. The van der Waals surface area contributed by atoms with E-state index in [2.05, 4.69) is 5.32 Å². The third-order valence-electron chi connectivity index (χ3n) is 2.11. The molecule has 0 spiro atoms. The molecule has 17 heavy (non-hydrogen) atoms. The summed E-state index contributed by atoms with van der Waals surface area (Å²) in [7, 11) is 0. The summed E-state index contributed by atoms with van der Waals surface area (Å²) < 4.78 is 0. The molecule has 0 bridgehead atoms. The van der Waals surface area contributed by atoms with Gasteiger partial charge in [0, 0.05) is 12.1 Å². The topological polar surface area (TPSA) is 101 Å². The smallest absolute Gasteiger partial charge is 0.303 e. The molecule has 1 aromatic rings. The van der Waals surface area contributed by atoms with Gasteiger partial charge in [0.2, 0.25) is 0 Å². The van der Waals surface area contributed by atoms with Gasteiger partial charge in [-0.3, -0.25) is 20.2 Å². The molecule has 0 aliphatic carbocycles. The first-order valence-corrected chi connectivity index (χ1v) is 4.65. The van der Waals surface area contributed by atoms with Crippen LogP contribution >= 0.6 is 0 Å². The third-order valence-corrected chi connectivity index (χ3v) is 2.11. The maximum atomic E-state index is 11.2. The summed E-state index contributed by atoms with van der Waals surface area (Å²) in [6.07, 6.45) is 1.37. The van der Waals surface area contributed by atoms with Crippen LogP contribution in [0.2, 0.25) is 0 Å². The lowest BCUT2D eigenvalue weighted by Gasteiger charge is -1.96. The van der Waals surface area contributed by atoms with Crippen LogP contribution in [0.25, 0.3) is 6.08 Å². The highest BCUT2D eigenvalue weighted by Gasteiger charge is 2.22. The van der Waals surface area contributed by atoms with Crippen LogP contribution < -0.4 is 10.6 Å². The number of nitro groups is 1. The molecule has 0 atom stereocenters. The summed E-state index contributed by atoms with van der Waals surface area (Å²) in [5.41, 5.74) is 0.450. The number of rotatable bonds is 2. The molecular formula is C10H7N3O4. The van der Waals surface area contributed by atoms with Gasteiger partial charge in [0.05, 0.1) is 4.92 Å². The number of imide groups is 1. The number of hydrogen-bond donors (Lipinski definition) is 2. The average molecular weight is 233 g/mol. The molecule has 0 radical (unpaired) electrons. The number of carbonyl (C=O) groups is 2. The Kier molecular flexibility index (Phi) is 2.57. The minimum Gasteiger partial charge on any atom is -0.303 e. The Labute approximate surface area is 95.3 Å². The summed E-state index contributed by atoms with van der Waals surface area (Å²) in [5, 5.41) is 14.9. The normalized spacial score (nSPS) is 16.8. The Morgan fingerprint density at radius 2 is 2.00 bits per heavy atom. The van der Waals surface area contributed by atoms with Crippen molar-refractivity contribution in [3.63, 3.8) is 0 Å². The highest BCUT2D eigenvalue weighted by atomic mass is 16.6. The number of non-ortho nitro benzene ring substituents is 1. The van der Waals surface area contributed by atoms with Crippen molar-refractivity contribution in [2.75, 3.05) is 0 Å². The van der Waals surface area contributed by atoms with Gasteiger partial charge in [-0.25, -0.2) is 4.79 Å². The molecule has 1 heterocycles. The van der Waals surface area contributed by atoms with E-state index in [1.54, 1.807) is 6.07 Å². The Morgan fingerprint density at radius 1 is 1.24 bits per heavy atom. The van der Waals surface area contributed by atoms with Crippen LogP contribution in [0.4, 0.5) is 10.5 Å². The van der Waals surface area contributed by atoms with Crippen molar-refractivity contribution in [1.82, 2.24) is 10.6 Å². The van der Waals surface area contributed by atoms with Crippen LogP contribution in [0, 0.1) is 10.1 Å². The molecule has 7 nitrogen and oxygen atoms in total. The summed E-state index contributed by atoms with van der Waals surface area (Å²) in [6.45, 7) is 0. The fourth-order valence-electron chi connectivity index (χ4n) is 1.38. The van der Waals surface area contributed by atoms with Crippen LogP contribution in [-0.4, -0.2) is 16.9 Å². The number of nitrogens with zero attached hydrogens (tertiary/aromatic N) is 1. The van der Waals surface area contributed by atoms with E-state index in [-0.39, 0.29) is 11.4 Å². The Hall–Kier alpha value is -2.70. The molecule has 0 aromatic heterocycles. The molecular weight excluding hydrogens is 226 g/mol. The summed E-state index contributed by atoms with van der Waals surface area (Å²) >= 11 is 0. The molecule has 1 aliphatic rings. The van der Waals surface area contributed by atoms with Gasteiger partial charge in [-0.2, -0.15) is 0 Å². The highest BCUT2D eigenvalue weighted by molar-refractivity contribution is 6.13. The van der Waals surface area contributed by atoms with Crippen LogP contribution in [-0.2, 0) is 4.79 Å². The molecule has 1 saturated heterocycles. The molecule has 1 aromatic carbocycles. The maximum Gasteiger partial charge on any atom is 0.326 e. The summed E-state index contributed by atoms with van der Waals surface area (Å²) in [4.78, 5) is 32.1. The van der Waals surface area contributed by atoms with Crippen LogP contribution in [0.1, 0.15) is 5.56 Å². The number of amides is 3. The van der Waals surface area contributed by atoms with Gasteiger partial charge in [-0.1, -0.05) is 12.1 Å². The number of urea groups is 1. The molecule has 1 fully saturated rings. The fourth-order valence-corrected chi connectivity index (χ4v) is 1.38. The lowest BCUT2D eigenvalue weighted by atomic mass is 10.1. The van der Waals surface area contributed by atoms with Crippen molar-refractivity contribution in [2.45, 2.75) is 0 Å². The van der Waals surface area contributed by atoms with Crippen molar-refractivity contribution in [3.8, 4) is 0 Å². The number of benzene rings is 1. The molecule has 2 N–H and O–H groups in total. The molecule has 0 saturated carbocycles. The molecule has 0 unspecified atom stereocenters. The van der Waals surface area contributed by atoms with Crippen molar-refractivity contribution < 1.29 is 14.5 Å². The fraction of sp³-hybridized carbons (Fsp3) is 0. The number of nitro benzene ring substituents is 1. The van der Waals surface area contributed by atoms with E-state index in [1.807, 2.05) is 5.32 Å². The van der Waals surface area contributed by atoms with Crippen molar-refractivity contribution in [1.29, 1.82) is 0 Å².